The van der Waals surface area contributed by atoms with E-state index in [-0.39, 0.29) is 12.1 Å². The molecule has 0 spiro atoms. The van der Waals surface area contributed by atoms with Crippen LogP contribution >= 0.6 is 0 Å². The molecule has 0 fully saturated rings. The molecule has 0 aliphatic heterocycles. The zero-order chi connectivity index (χ0) is 16.0. The van der Waals surface area contributed by atoms with Crippen LogP contribution in [0.4, 0.5) is 16.2 Å². The Morgan fingerprint density at radius 2 is 1.71 bits per heavy atom. The number of nitrogens with one attached hydrogen (secondary N) is 2. The van der Waals surface area contributed by atoms with Gasteiger partial charge < -0.3 is 14.8 Å². The second kappa shape index (κ2) is 7.31. The number of hydrogen-bond donors (Lipinski definition) is 2. The lowest BCUT2D eigenvalue weighted by Gasteiger charge is -2.24. The molecule has 0 radical (unpaired) electrons. The Kier molecular flexibility index (Phi) is 6.03. The van der Waals surface area contributed by atoms with Gasteiger partial charge in [-0.15, -0.1) is 0 Å². The van der Waals surface area contributed by atoms with E-state index in [1.807, 2.05) is 58.9 Å². The normalized spacial score (nSPS) is 14.2. The summed E-state index contributed by atoms with van der Waals surface area (Å²) >= 11 is 0. The van der Waals surface area contributed by atoms with Crippen LogP contribution in [-0.2, 0) is 9.47 Å². The first-order chi connectivity index (χ1) is 9.73. The Labute approximate surface area is 127 Å². The first-order valence-corrected chi connectivity index (χ1v) is 7.11. The SMILES string of the molecule is COC(C)C(C)Nc1ccccc1NC(=O)OC(C)(C)C. The van der Waals surface area contributed by atoms with E-state index in [0.717, 1.165) is 5.69 Å². The van der Waals surface area contributed by atoms with Crippen molar-refractivity contribution in [3.05, 3.63) is 24.3 Å². The standard InChI is InChI=1S/C16H26N2O3/c1-11(12(2)20-6)17-13-9-7-8-10-14(13)18-15(19)21-16(3,4)5/h7-12,17H,1-6H3,(H,18,19). The van der Waals surface area contributed by atoms with Crippen molar-refractivity contribution < 1.29 is 14.3 Å². The summed E-state index contributed by atoms with van der Waals surface area (Å²) in [5.41, 5.74) is 0.992. The van der Waals surface area contributed by atoms with Gasteiger partial charge in [-0.25, -0.2) is 4.79 Å². The first-order valence-electron chi connectivity index (χ1n) is 7.11. The Morgan fingerprint density at radius 1 is 1.14 bits per heavy atom. The number of rotatable bonds is 5. The summed E-state index contributed by atoms with van der Waals surface area (Å²) < 4.78 is 10.6. The molecule has 1 aromatic carbocycles. The van der Waals surface area contributed by atoms with Crippen molar-refractivity contribution in [2.24, 2.45) is 0 Å². The number of ether oxygens (including phenoxy) is 2. The molecule has 1 aromatic rings. The minimum Gasteiger partial charge on any atom is -0.444 e. The van der Waals surface area contributed by atoms with Gasteiger partial charge in [-0.05, 0) is 46.8 Å². The Morgan fingerprint density at radius 3 is 2.24 bits per heavy atom. The lowest BCUT2D eigenvalue weighted by molar-refractivity contribution is 0.0636. The number of carbonyl (C=O) groups excluding carboxylic acids is 1. The number of para-hydroxylation sites is 2. The fourth-order valence-corrected chi connectivity index (χ4v) is 1.70. The number of benzene rings is 1. The van der Waals surface area contributed by atoms with E-state index in [9.17, 15) is 4.79 Å². The molecule has 0 saturated carbocycles. The van der Waals surface area contributed by atoms with Gasteiger partial charge in [0.2, 0.25) is 0 Å². The van der Waals surface area contributed by atoms with E-state index in [4.69, 9.17) is 9.47 Å². The summed E-state index contributed by atoms with van der Waals surface area (Å²) in [5.74, 6) is 0. The minimum absolute atomic E-state index is 0.0552. The fourth-order valence-electron chi connectivity index (χ4n) is 1.70. The van der Waals surface area contributed by atoms with Crippen LogP contribution in [0.2, 0.25) is 0 Å². The average Bonchev–Trinajstić information content (AvgIpc) is 2.37. The molecule has 21 heavy (non-hydrogen) atoms. The van der Waals surface area contributed by atoms with Gasteiger partial charge in [-0.3, -0.25) is 5.32 Å². The maximum atomic E-state index is 11.9. The molecule has 2 N–H and O–H groups in total. The van der Waals surface area contributed by atoms with Crippen molar-refractivity contribution in [2.75, 3.05) is 17.7 Å². The molecule has 1 rings (SSSR count). The second-order valence-corrected chi connectivity index (χ2v) is 6.05. The van der Waals surface area contributed by atoms with Crippen molar-refractivity contribution in [1.29, 1.82) is 0 Å². The highest BCUT2D eigenvalue weighted by atomic mass is 16.6. The molecule has 118 valence electrons. The third-order valence-electron chi connectivity index (χ3n) is 3.02. The molecular weight excluding hydrogens is 268 g/mol. The quantitative estimate of drug-likeness (QED) is 0.865. The molecular formula is C16H26N2O3. The predicted molar refractivity (Wildman–Crippen MR) is 85.9 cm³/mol. The molecule has 2 atom stereocenters. The van der Waals surface area contributed by atoms with Crippen LogP contribution < -0.4 is 10.6 Å². The van der Waals surface area contributed by atoms with Crippen LogP contribution in [-0.4, -0.2) is 30.9 Å². The topological polar surface area (TPSA) is 59.6 Å². The number of hydrogen-bond acceptors (Lipinski definition) is 4. The largest absolute Gasteiger partial charge is 0.444 e. The Balaban J connectivity index is 2.78. The monoisotopic (exact) mass is 294 g/mol. The van der Waals surface area contributed by atoms with Crippen molar-refractivity contribution in [3.63, 3.8) is 0 Å². The lowest BCUT2D eigenvalue weighted by atomic mass is 10.2. The zero-order valence-electron chi connectivity index (χ0n) is 13.7. The van der Waals surface area contributed by atoms with E-state index in [0.29, 0.717) is 5.69 Å². The van der Waals surface area contributed by atoms with Gasteiger partial charge in [0, 0.05) is 13.2 Å². The number of carbonyl (C=O) groups is 1. The minimum atomic E-state index is -0.524. The summed E-state index contributed by atoms with van der Waals surface area (Å²) in [6.07, 6.45) is -0.413. The van der Waals surface area contributed by atoms with Gasteiger partial charge in [0.15, 0.2) is 0 Å². The molecule has 0 bridgehead atoms. The lowest BCUT2D eigenvalue weighted by Crippen LogP contribution is -2.31. The van der Waals surface area contributed by atoms with E-state index in [2.05, 4.69) is 10.6 Å². The molecule has 0 aliphatic carbocycles. The fraction of sp³-hybridized carbons (Fsp3) is 0.562. The second-order valence-electron chi connectivity index (χ2n) is 6.05. The highest BCUT2D eigenvalue weighted by Gasteiger charge is 2.18. The molecule has 5 heteroatoms. The summed E-state index contributed by atoms with van der Waals surface area (Å²) in [5, 5.41) is 6.10. The highest BCUT2D eigenvalue weighted by Crippen LogP contribution is 2.23. The molecule has 0 heterocycles. The van der Waals surface area contributed by atoms with Crippen LogP contribution in [0.3, 0.4) is 0 Å². The van der Waals surface area contributed by atoms with Crippen LogP contribution in [0.5, 0.6) is 0 Å². The van der Waals surface area contributed by atoms with Gasteiger partial charge >= 0.3 is 6.09 Å². The highest BCUT2D eigenvalue weighted by molar-refractivity contribution is 5.89. The van der Waals surface area contributed by atoms with Crippen LogP contribution in [0.15, 0.2) is 24.3 Å². The van der Waals surface area contributed by atoms with Crippen molar-refractivity contribution in [1.82, 2.24) is 0 Å². The number of anilines is 2. The van der Waals surface area contributed by atoms with Crippen molar-refractivity contribution in [3.8, 4) is 0 Å². The molecule has 0 aliphatic rings. The maximum absolute atomic E-state index is 11.9. The van der Waals surface area contributed by atoms with Gasteiger partial charge in [0.05, 0.1) is 17.5 Å². The van der Waals surface area contributed by atoms with Crippen LogP contribution in [0, 0.1) is 0 Å². The van der Waals surface area contributed by atoms with Gasteiger partial charge in [0.1, 0.15) is 5.60 Å². The molecule has 0 aromatic heterocycles. The van der Waals surface area contributed by atoms with Gasteiger partial charge in [-0.1, -0.05) is 12.1 Å². The maximum Gasteiger partial charge on any atom is 0.412 e. The van der Waals surface area contributed by atoms with E-state index < -0.39 is 11.7 Å². The summed E-state index contributed by atoms with van der Waals surface area (Å²) in [6.45, 7) is 9.51. The van der Waals surface area contributed by atoms with E-state index in [1.54, 1.807) is 7.11 Å². The van der Waals surface area contributed by atoms with Crippen LogP contribution in [0.25, 0.3) is 0 Å². The third-order valence-corrected chi connectivity index (χ3v) is 3.02. The Hall–Kier alpha value is -1.75. The average molecular weight is 294 g/mol. The molecule has 5 nitrogen and oxygen atoms in total. The van der Waals surface area contributed by atoms with Gasteiger partial charge in [-0.2, -0.15) is 0 Å². The van der Waals surface area contributed by atoms with Crippen molar-refractivity contribution >= 4 is 17.5 Å². The third kappa shape index (κ3) is 6.04. The molecule has 1 amide bonds. The summed E-state index contributed by atoms with van der Waals surface area (Å²) in [7, 11) is 1.67. The molecule has 2 unspecified atom stereocenters. The number of amides is 1. The smallest absolute Gasteiger partial charge is 0.412 e. The first kappa shape index (κ1) is 17.3. The Bertz CT molecular complexity index is 469. The molecule has 0 saturated heterocycles. The predicted octanol–water partition coefficient (Wildman–Crippen LogP) is 3.87. The van der Waals surface area contributed by atoms with Gasteiger partial charge in [0.25, 0.3) is 0 Å². The van der Waals surface area contributed by atoms with Crippen molar-refractivity contribution in [2.45, 2.75) is 52.4 Å². The number of methoxy groups -OCH3 is 1. The zero-order valence-corrected chi connectivity index (χ0v) is 13.7. The summed E-state index contributed by atoms with van der Waals surface area (Å²) in [4.78, 5) is 11.9. The van der Waals surface area contributed by atoms with E-state index >= 15 is 0 Å². The van der Waals surface area contributed by atoms with E-state index in [1.165, 1.54) is 0 Å². The van der Waals surface area contributed by atoms with Crippen LogP contribution in [0.1, 0.15) is 34.6 Å². The summed E-state index contributed by atoms with van der Waals surface area (Å²) in [6, 6.07) is 7.62.